The minimum Gasteiger partial charge on any atom is -0.358 e. The zero-order valence-electron chi connectivity index (χ0n) is 6.60. The number of hydrogen-bond acceptors (Lipinski definition) is 4. The lowest BCUT2D eigenvalue weighted by Gasteiger charge is -2.01. The van der Waals surface area contributed by atoms with Crippen LogP contribution in [0.4, 0.5) is 3.89 Å². The molecule has 0 radical (unpaired) electrons. The first kappa shape index (κ1) is 9.94. The minimum atomic E-state index is -4.94. The van der Waals surface area contributed by atoms with Crippen LogP contribution in [0.15, 0.2) is 24.3 Å². The number of benzene rings is 1. The Morgan fingerprint density at radius 2 is 2.15 bits per heavy atom. The lowest BCUT2D eigenvalue weighted by Crippen LogP contribution is -2.02. The van der Waals surface area contributed by atoms with Gasteiger partial charge in [0.25, 0.3) is 0 Å². The Morgan fingerprint density at radius 1 is 1.46 bits per heavy atom. The molecule has 2 N–H and O–H groups in total. The van der Waals surface area contributed by atoms with Gasteiger partial charge in [-0.15, -0.1) is 0 Å². The van der Waals surface area contributed by atoms with Crippen molar-refractivity contribution in [1.82, 2.24) is 0 Å². The molecule has 0 atom stereocenters. The van der Waals surface area contributed by atoms with Gasteiger partial charge in [0, 0.05) is 6.54 Å². The molecule has 4 nitrogen and oxygen atoms in total. The van der Waals surface area contributed by atoms with Gasteiger partial charge in [-0.3, -0.25) is 0 Å². The van der Waals surface area contributed by atoms with Gasteiger partial charge in [0.1, 0.15) is 5.75 Å². The van der Waals surface area contributed by atoms with Gasteiger partial charge in [-0.2, -0.15) is 8.42 Å². The maximum Gasteiger partial charge on any atom is 0.488 e. The Bertz CT molecular complexity index is 390. The van der Waals surface area contributed by atoms with Crippen LogP contribution in [0.3, 0.4) is 0 Å². The van der Waals surface area contributed by atoms with Gasteiger partial charge < -0.3 is 9.92 Å². The van der Waals surface area contributed by atoms with Crippen molar-refractivity contribution < 1.29 is 16.5 Å². The van der Waals surface area contributed by atoms with Crippen LogP contribution < -0.4 is 9.92 Å². The lowest BCUT2D eigenvalue weighted by molar-refractivity contribution is 0.440. The third-order valence-electron chi connectivity index (χ3n) is 1.33. The summed E-state index contributed by atoms with van der Waals surface area (Å²) in [4.78, 5) is 0. The molecule has 0 spiro atoms. The molecule has 13 heavy (non-hydrogen) atoms. The van der Waals surface area contributed by atoms with E-state index in [1.165, 1.54) is 18.2 Å². The summed E-state index contributed by atoms with van der Waals surface area (Å²) >= 11 is 0. The van der Waals surface area contributed by atoms with Crippen LogP contribution in [0.25, 0.3) is 0 Å². The zero-order valence-corrected chi connectivity index (χ0v) is 7.42. The van der Waals surface area contributed by atoms with E-state index in [0.29, 0.717) is 5.56 Å². The van der Waals surface area contributed by atoms with Crippen molar-refractivity contribution in [3.63, 3.8) is 0 Å². The Hall–Kier alpha value is -1.14. The second-order valence-electron chi connectivity index (χ2n) is 2.33. The standard InChI is InChI=1S/C7H8FNO3S/c8-13(10,11)12-7-3-1-2-6(4-7)5-9/h1-4H,5,9H2. The van der Waals surface area contributed by atoms with Crippen LogP contribution in [0.2, 0.25) is 0 Å². The van der Waals surface area contributed by atoms with Crippen molar-refractivity contribution in [2.45, 2.75) is 6.54 Å². The molecule has 0 saturated carbocycles. The van der Waals surface area contributed by atoms with Gasteiger partial charge in [0.05, 0.1) is 0 Å². The number of halogens is 1. The van der Waals surface area contributed by atoms with Crippen molar-refractivity contribution in [1.29, 1.82) is 0 Å². The third kappa shape index (κ3) is 3.39. The van der Waals surface area contributed by atoms with E-state index in [9.17, 15) is 12.3 Å². The molecule has 0 amide bonds. The summed E-state index contributed by atoms with van der Waals surface area (Å²) in [6, 6.07) is 5.90. The molecule has 0 aliphatic rings. The van der Waals surface area contributed by atoms with Gasteiger partial charge in [-0.25, -0.2) is 0 Å². The van der Waals surface area contributed by atoms with Crippen LogP contribution in [0.1, 0.15) is 5.56 Å². The molecular weight excluding hydrogens is 197 g/mol. The van der Waals surface area contributed by atoms with Crippen molar-refractivity contribution >= 4 is 10.5 Å². The molecule has 0 aliphatic heterocycles. The predicted octanol–water partition coefficient (Wildman–Crippen LogP) is 0.738. The van der Waals surface area contributed by atoms with Crippen molar-refractivity contribution in [3.8, 4) is 5.75 Å². The summed E-state index contributed by atoms with van der Waals surface area (Å²) in [5.41, 5.74) is 5.95. The number of hydrogen-bond donors (Lipinski definition) is 1. The molecule has 72 valence electrons. The summed E-state index contributed by atoms with van der Waals surface area (Å²) in [6.45, 7) is 0.240. The second kappa shape index (κ2) is 3.71. The average Bonchev–Trinajstić information content (AvgIpc) is 2.01. The highest BCUT2D eigenvalue weighted by Gasteiger charge is 2.08. The topological polar surface area (TPSA) is 69.4 Å². The van der Waals surface area contributed by atoms with E-state index < -0.39 is 10.5 Å². The molecule has 1 rings (SSSR count). The fourth-order valence-corrected chi connectivity index (χ4v) is 1.17. The monoisotopic (exact) mass is 205 g/mol. The summed E-state index contributed by atoms with van der Waals surface area (Å²) in [5, 5.41) is 0. The fourth-order valence-electron chi connectivity index (χ4n) is 0.839. The smallest absolute Gasteiger partial charge is 0.358 e. The molecule has 1 aromatic rings. The summed E-state index contributed by atoms with van der Waals surface area (Å²) < 4.78 is 36.2. The van der Waals surface area contributed by atoms with E-state index in [1.807, 2.05) is 0 Å². The van der Waals surface area contributed by atoms with E-state index in [1.54, 1.807) is 6.07 Å². The normalized spacial score (nSPS) is 11.2. The number of nitrogens with two attached hydrogens (primary N) is 1. The molecular formula is C7H8FNO3S. The van der Waals surface area contributed by atoms with Crippen molar-refractivity contribution in [3.05, 3.63) is 29.8 Å². The van der Waals surface area contributed by atoms with E-state index >= 15 is 0 Å². The molecule has 0 heterocycles. The first-order valence-electron chi connectivity index (χ1n) is 3.44. The van der Waals surface area contributed by atoms with Crippen LogP contribution in [0.5, 0.6) is 5.75 Å². The molecule has 0 fully saturated rings. The van der Waals surface area contributed by atoms with E-state index in [0.717, 1.165) is 0 Å². The summed E-state index contributed by atoms with van der Waals surface area (Å²) in [7, 11) is -4.94. The van der Waals surface area contributed by atoms with Gasteiger partial charge >= 0.3 is 10.5 Å². The molecule has 0 aliphatic carbocycles. The maximum atomic E-state index is 12.0. The first-order valence-corrected chi connectivity index (χ1v) is 4.75. The predicted molar refractivity (Wildman–Crippen MR) is 45.0 cm³/mol. The SMILES string of the molecule is NCc1cccc(OS(=O)(=O)F)c1. The quantitative estimate of drug-likeness (QED) is 0.739. The Balaban J connectivity index is 2.90. The van der Waals surface area contributed by atoms with E-state index in [4.69, 9.17) is 5.73 Å². The fraction of sp³-hybridized carbons (Fsp3) is 0.143. The highest BCUT2D eigenvalue weighted by atomic mass is 32.3. The Labute approximate surface area is 75.5 Å². The molecule has 1 aromatic carbocycles. The van der Waals surface area contributed by atoms with Crippen LogP contribution in [0, 0.1) is 0 Å². The van der Waals surface area contributed by atoms with Gasteiger partial charge in [-0.1, -0.05) is 16.0 Å². The van der Waals surface area contributed by atoms with E-state index in [-0.39, 0.29) is 12.3 Å². The molecule has 0 aromatic heterocycles. The third-order valence-corrected chi connectivity index (χ3v) is 1.72. The summed E-state index contributed by atoms with van der Waals surface area (Å²) in [6.07, 6.45) is 0. The van der Waals surface area contributed by atoms with Crippen molar-refractivity contribution in [2.24, 2.45) is 5.73 Å². The highest BCUT2D eigenvalue weighted by Crippen LogP contribution is 2.15. The maximum absolute atomic E-state index is 12.0. The average molecular weight is 205 g/mol. The van der Waals surface area contributed by atoms with Gasteiger partial charge in [0.2, 0.25) is 0 Å². The zero-order chi connectivity index (χ0) is 9.90. The minimum absolute atomic E-state index is 0.0783. The van der Waals surface area contributed by atoms with Gasteiger partial charge in [0.15, 0.2) is 0 Å². The molecule has 0 saturated heterocycles. The van der Waals surface area contributed by atoms with Crippen LogP contribution >= 0.6 is 0 Å². The summed E-state index contributed by atoms with van der Waals surface area (Å²) in [5.74, 6) is -0.0783. The van der Waals surface area contributed by atoms with E-state index in [2.05, 4.69) is 4.18 Å². The largest absolute Gasteiger partial charge is 0.488 e. The Kier molecular flexibility index (Phi) is 2.84. The first-order chi connectivity index (χ1) is 6.01. The second-order valence-corrected chi connectivity index (χ2v) is 3.28. The number of rotatable bonds is 3. The molecule has 6 heteroatoms. The lowest BCUT2D eigenvalue weighted by atomic mass is 10.2. The van der Waals surface area contributed by atoms with Crippen molar-refractivity contribution in [2.75, 3.05) is 0 Å². The van der Waals surface area contributed by atoms with Gasteiger partial charge in [-0.05, 0) is 17.7 Å². The highest BCUT2D eigenvalue weighted by molar-refractivity contribution is 7.81. The van der Waals surface area contributed by atoms with Crippen LogP contribution in [-0.2, 0) is 17.0 Å². The van der Waals surface area contributed by atoms with Crippen LogP contribution in [-0.4, -0.2) is 8.42 Å². The Morgan fingerprint density at radius 3 is 2.69 bits per heavy atom. The molecule has 0 bridgehead atoms. The molecule has 0 unspecified atom stereocenters.